The maximum Gasteiger partial charge on any atom is 0.223 e. The zero-order valence-electron chi connectivity index (χ0n) is 14.9. The van der Waals surface area contributed by atoms with Crippen molar-refractivity contribution < 1.29 is 19.4 Å². The van der Waals surface area contributed by atoms with E-state index in [1.807, 2.05) is 43.3 Å². The van der Waals surface area contributed by atoms with Crippen molar-refractivity contribution in [2.75, 3.05) is 6.61 Å². The van der Waals surface area contributed by atoms with E-state index in [0.29, 0.717) is 0 Å². The second kappa shape index (κ2) is 8.47. The normalized spacial score (nSPS) is 26.2. The first kappa shape index (κ1) is 18.6. The van der Waals surface area contributed by atoms with Gasteiger partial charge >= 0.3 is 0 Å². The van der Waals surface area contributed by atoms with Crippen LogP contribution in [0.3, 0.4) is 0 Å². The summed E-state index contributed by atoms with van der Waals surface area (Å²) in [5.41, 5.74) is 1.04. The fourth-order valence-electron chi connectivity index (χ4n) is 3.07. The number of hydrogen-bond acceptors (Lipinski definition) is 4. The Labute approximate surface area is 153 Å². The van der Waals surface area contributed by atoms with Gasteiger partial charge < -0.3 is 20.5 Å². The van der Waals surface area contributed by atoms with Gasteiger partial charge in [0.25, 0.3) is 0 Å². The van der Waals surface area contributed by atoms with Crippen LogP contribution in [0.5, 0.6) is 0 Å². The largest absolute Gasteiger partial charge is 0.394 e. The molecule has 4 atom stereocenters. The lowest BCUT2D eigenvalue weighted by Crippen LogP contribution is -2.49. The van der Waals surface area contributed by atoms with Gasteiger partial charge in [0.2, 0.25) is 11.8 Å². The summed E-state index contributed by atoms with van der Waals surface area (Å²) in [6, 6.07) is 9.31. The number of aliphatic hydroxyl groups excluding tert-OH is 1. The van der Waals surface area contributed by atoms with Gasteiger partial charge in [-0.05, 0) is 25.3 Å². The highest BCUT2D eigenvalue weighted by Gasteiger charge is 2.34. The summed E-state index contributed by atoms with van der Waals surface area (Å²) in [5, 5.41) is 15.4. The fourth-order valence-corrected chi connectivity index (χ4v) is 3.07. The maximum absolute atomic E-state index is 12.3. The van der Waals surface area contributed by atoms with Gasteiger partial charge in [0.05, 0.1) is 31.2 Å². The Kier molecular flexibility index (Phi) is 6.06. The van der Waals surface area contributed by atoms with Crippen LogP contribution in [0.25, 0.3) is 0 Å². The van der Waals surface area contributed by atoms with E-state index < -0.39 is 12.2 Å². The summed E-state index contributed by atoms with van der Waals surface area (Å²) < 4.78 is 5.79. The molecule has 1 heterocycles. The highest BCUT2D eigenvalue weighted by atomic mass is 16.5. The molecule has 0 aromatic heterocycles. The summed E-state index contributed by atoms with van der Waals surface area (Å²) in [4.78, 5) is 24.2. The van der Waals surface area contributed by atoms with Crippen molar-refractivity contribution in [2.24, 2.45) is 5.92 Å². The van der Waals surface area contributed by atoms with Gasteiger partial charge in [-0.25, -0.2) is 0 Å². The molecule has 1 aromatic carbocycles. The van der Waals surface area contributed by atoms with Crippen LogP contribution in [-0.4, -0.2) is 41.8 Å². The van der Waals surface area contributed by atoms with Crippen LogP contribution in [0.15, 0.2) is 42.5 Å². The van der Waals surface area contributed by atoms with Gasteiger partial charge in [0.15, 0.2) is 0 Å². The summed E-state index contributed by atoms with van der Waals surface area (Å²) in [6.07, 6.45) is 4.69. The number of amides is 2. The van der Waals surface area contributed by atoms with E-state index in [1.54, 1.807) is 6.08 Å². The van der Waals surface area contributed by atoms with E-state index in [2.05, 4.69) is 10.6 Å². The lowest BCUT2D eigenvalue weighted by atomic mass is 10.0. The van der Waals surface area contributed by atoms with Crippen LogP contribution < -0.4 is 10.6 Å². The molecule has 0 bridgehead atoms. The van der Waals surface area contributed by atoms with Crippen molar-refractivity contribution in [2.45, 2.75) is 50.5 Å². The minimum absolute atomic E-state index is 0.00887. The molecule has 0 saturated heterocycles. The number of nitrogens with one attached hydrogen (secondary N) is 2. The Morgan fingerprint density at radius 3 is 2.62 bits per heavy atom. The third-order valence-electron chi connectivity index (χ3n) is 4.78. The summed E-state index contributed by atoms with van der Waals surface area (Å²) in [6.45, 7) is 1.73. The predicted octanol–water partition coefficient (Wildman–Crippen LogP) is 1.46. The molecule has 6 nitrogen and oxygen atoms in total. The number of hydrogen-bond donors (Lipinski definition) is 3. The molecule has 140 valence electrons. The smallest absolute Gasteiger partial charge is 0.223 e. The molecular formula is C20H26N2O4. The Balaban J connectivity index is 1.51. The van der Waals surface area contributed by atoms with E-state index in [4.69, 9.17) is 4.74 Å². The van der Waals surface area contributed by atoms with Crippen molar-refractivity contribution in [3.8, 4) is 0 Å². The Hall–Kier alpha value is -2.18. The second-order valence-electron chi connectivity index (χ2n) is 6.99. The Bertz CT molecular complexity index is 657. The van der Waals surface area contributed by atoms with E-state index in [1.165, 1.54) is 0 Å². The first-order valence-electron chi connectivity index (χ1n) is 9.16. The number of carbonyl (C=O) groups is 2. The van der Waals surface area contributed by atoms with Gasteiger partial charge in [-0.2, -0.15) is 0 Å². The quantitative estimate of drug-likeness (QED) is 0.644. The lowest BCUT2D eigenvalue weighted by Gasteiger charge is -2.32. The molecule has 2 aliphatic rings. The zero-order chi connectivity index (χ0) is 18.5. The number of rotatable bonds is 7. The molecule has 1 aliphatic carbocycles. The van der Waals surface area contributed by atoms with Gasteiger partial charge in [-0.1, -0.05) is 42.5 Å². The van der Waals surface area contributed by atoms with Gasteiger partial charge in [0.1, 0.15) is 6.10 Å². The molecule has 3 rings (SSSR count). The first-order valence-corrected chi connectivity index (χ1v) is 9.16. The van der Waals surface area contributed by atoms with Crippen molar-refractivity contribution in [1.82, 2.24) is 10.6 Å². The molecule has 26 heavy (non-hydrogen) atoms. The fraction of sp³-hybridized carbons (Fsp3) is 0.500. The Morgan fingerprint density at radius 1 is 1.23 bits per heavy atom. The molecule has 0 unspecified atom stereocenters. The van der Waals surface area contributed by atoms with Crippen LogP contribution in [0.2, 0.25) is 0 Å². The number of ether oxygens (including phenoxy) is 1. The standard InChI is InChI=1S/C20H26N2O4/c1-13(14-5-3-2-4-6-14)21-19(24)11-16-9-10-17(18(12-23)26-16)22-20(25)15-7-8-15/h2-6,9-10,13,15-18,23H,7-8,11-12H2,1H3,(H,21,24)(H,22,25)/t13-,16+,17+,18+/m1/s1. The van der Waals surface area contributed by atoms with Gasteiger partial charge in [-0.15, -0.1) is 0 Å². The highest BCUT2D eigenvalue weighted by Crippen LogP contribution is 2.29. The molecule has 3 N–H and O–H groups in total. The van der Waals surface area contributed by atoms with Crippen LogP contribution >= 0.6 is 0 Å². The SMILES string of the molecule is C[C@@H](NC(=O)C[C@@H]1C=C[C@H](NC(=O)C2CC2)[C@H](CO)O1)c1ccccc1. The van der Waals surface area contributed by atoms with Crippen molar-refractivity contribution in [3.63, 3.8) is 0 Å². The topological polar surface area (TPSA) is 87.7 Å². The van der Waals surface area contributed by atoms with E-state index in [9.17, 15) is 14.7 Å². The van der Waals surface area contributed by atoms with Crippen molar-refractivity contribution in [1.29, 1.82) is 0 Å². The molecule has 1 aliphatic heterocycles. The number of carbonyl (C=O) groups excluding carboxylic acids is 2. The molecule has 1 saturated carbocycles. The van der Waals surface area contributed by atoms with Gasteiger partial charge in [-0.3, -0.25) is 9.59 Å². The van der Waals surface area contributed by atoms with Crippen LogP contribution in [0.1, 0.15) is 37.8 Å². The molecule has 1 aromatic rings. The predicted molar refractivity (Wildman–Crippen MR) is 97.2 cm³/mol. The Morgan fingerprint density at radius 2 is 1.96 bits per heavy atom. The van der Waals surface area contributed by atoms with E-state index in [-0.39, 0.29) is 42.8 Å². The van der Waals surface area contributed by atoms with Crippen LogP contribution in [-0.2, 0) is 14.3 Å². The highest BCUT2D eigenvalue weighted by molar-refractivity contribution is 5.81. The molecular weight excluding hydrogens is 332 g/mol. The van der Waals surface area contributed by atoms with Gasteiger partial charge in [0, 0.05) is 5.92 Å². The van der Waals surface area contributed by atoms with E-state index >= 15 is 0 Å². The van der Waals surface area contributed by atoms with Crippen molar-refractivity contribution >= 4 is 11.8 Å². The molecule has 2 amide bonds. The number of aliphatic hydroxyl groups is 1. The summed E-state index contributed by atoms with van der Waals surface area (Å²) in [5.74, 6) is -0.00606. The zero-order valence-corrected chi connectivity index (χ0v) is 14.9. The summed E-state index contributed by atoms with van der Waals surface area (Å²) in [7, 11) is 0. The average molecular weight is 358 g/mol. The minimum atomic E-state index is -0.535. The molecule has 0 radical (unpaired) electrons. The third kappa shape index (κ3) is 4.93. The molecule has 0 spiro atoms. The van der Waals surface area contributed by atoms with Crippen LogP contribution in [0.4, 0.5) is 0 Å². The van der Waals surface area contributed by atoms with Crippen molar-refractivity contribution in [3.05, 3.63) is 48.0 Å². The first-order chi connectivity index (χ1) is 12.6. The minimum Gasteiger partial charge on any atom is -0.394 e. The maximum atomic E-state index is 12.3. The summed E-state index contributed by atoms with van der Waals surface area (Å²) >= 11 is 0. The second-order valence-corrected chi connectivity index (χ2v) is 6.99. The average Bonchev–Trinajstić information content (AvgIpc) is 3.48. The van der Waals surface area contributed by atoms with Crippen LogP contribution in [0, 0.1) is 5.92 Å². The number of benzene rings is 1. The molecule has 6 heteroatoms. The van der Waals surface area contributed by atoms with E-state index in [0.717, 1.165) is 18.4 Å². The third-order valence-corrected chi connectivity index (χ3v) is 4.78. The lowest BCUT2D eigenvalue weighted by molar-refractivity contribution is -0.129. The molecule has 1 fully saturated rings. The monoisotopic (exact) mass is 358 g/mol.